The summed E-state index contributed by atoms with van der Waals surface area (Å²) in [5.74, 6) is -1.07. The summed E-state index contributed by atoms with van der Waals surface area (Å²) in [6.45, 7) is 0. The summed E-state index contributed by atoms with van der Waals surface area (Å²) >= 11 is 3.30. The summed E-state index contributed by atoms with van der Waals surface area (Å²) in [5, 5.41) is 21.6. The Morgan fingerprint density at radius 1 is 1.28 bits per heavy atom. The Balaban J connectivity index is 1.94. The molecule has 2 aromatic rings. The zero-order valence-corrected chi connectivity index (χ0v) is 14.7. The van der Waals surface area contributed by atoms with E-state index in [-0.39, 0.29) is 11.3 Å². The monoisotopic (exact) mass is 404 g/mol. The Hall–Kier alpha value is -2.58. The third kappa shape index (κ3) is 2.83. The molecule has 2 aromatic carbocycles. The number of Topliss-reactive ketones (excluding diaryl/α,β-unsaturated/α-hetero) is 1. The topological polar surface area (TPSA) is 101 Å². The number of likely N-dealkylation sites (N-methyl/N-ethyl adjacent to an activating group) is 1. The number of rotatable bonds is 4. The number of ketones is 1. The van der Waals surface area contributed by atoms with E-state index in [1.807, 2.05) is 0 Å². The maximum absolute atomic E-state index is 12.5. The molecule has 1 amide bonds. The van der Waals surface area contributed by atoms with Gasteiger partial charge in [0.25, 0.3) is 11.6 Å². The van der Waals surface area contributed by atoms with Crippen molar-refractivity contribution in [2.45, 2.75) is 12.0 Å². The van der Waals surface area contributed by atoms with E-state index in [4.69, 9.17) is 0 Å². The highest BCUT2D eigenvalue weighted by atomic mass is 79.9. The van der Waals surface area contributed by atoms with Gasteiger partial charge in [0.2, 0.25) is 0 Å². The molecular formula is C17H13BrN2O5. The second-order valence-electron chi connectivity index (χ2n) is 5.79. The number of amides is 1. The largest absolute Gasteiger partial charge is 0.375 e. The molecule has 7 nitrogen and oxygen atoms in total. The number of nitro benzene ring substituents is 1. The molecule has 8 heteroatoms. The van der Waals surface area contributed by atoms with E-state index in [9.17, 15) is 24.8 Å². The van der Waals surface area contributed by atoms with Crippen LogP contribution in [0.25, 0.3) is 0 Å². The van der Waals surface area contributed by atoms with Crippen LogP contribution < -0.4 is 4.90 Å². The maximum Gasteiger partial charge on any atom is 0.269 e. The lowest BCUT2D eigenvalue weighted by molar-refractivity contribution is -0.384. The lowest BCUT2D eigenvalue weighted by Crippen LogP contribution is -2.40. The number of carbonyl (C=O) groups excluding carboxylic acids is 2. The number of nitro groups is 1. The number of halogens is 1. The van der Waals surface area contributed by atoms with Gasteiger partial charge >= 0.3 is 0 Å². The van der Waals surface area contributed by atoms with Gasteiger partial charge < -0.3 is 10.0 Å². The Labute approximate surface area is 151 Å². The molecule has 128 valence electrons. The quantitative estimate of drug-likeness (QED) is 0.479. The summed E-state index contributed by atoms with van der Waals surface area (Å²) in [6.07, 6.45) is -0.447. The standard InChI is InChI=1S/C17H13BrN2O5/c1-19-14-7-4-11(18)8-13(14)17(23,16(19)22)9-15(21)10-2-5-12(6-3-10)20(24)25/h2-8,23H,9H2,1H3/t17-/m0/s1. The number of benzene rings is 2. The van der Waals surface area contributed by atoms with Crippen LogP contribution in [0.4, 0.5) is 11.4 Å². The summed E-state index contributed by atoms with van der Waals surface area (Å²) < 4.78 is 0.676. The molecular weight excluding hydrogens is 392 g/mol. The van der Waals surface area contributed by atoms with Crippen LogP contribution in [0.2, 0.25) is 0 Å². The number of carbonyl (C=O) groups is 2. The van der Waals surface area contributed by atoms with Gasteiger partial charge in [-0.05, 0) is 30.3 Å². The number of hydrogen-bond donors (Lipinski definition) is 1. The normalized spacial score (nSPS) is 19.0. The van der Waals surface area contributed by atoms with Crippen LogP contribution in [0.3, 0.4) is 0 Å². The van der Waals surface area contributed by atoms with Crippen molar-refractivity contribution in [1.29, 1.82) is 0 Å². The van der Waals surface area contributed by atoms with Crippen LogP contribution in [0, 0.1) is 10.1 Å². The van der Waals surface area contributed by atoms with Gasteiger partial charge in [0.1, 0.15) is 0 Å². The molecule has 0 aliphatic carbocycles. The molecule has 1 aliphatic heterocycles. The SMILES string of the molecule is CN1C(=O)[C@](O)(CC(=O)c2ccc([N+](=O)[O-])cc2)c2cc(Br)ccc21. The maximum atomic E-state index is 12.5. The zero-order chi connectivity index (χ0) is 18.4. The number of non-ortho nitro benzene ring substituents is 1. The van der Waals surface area contributed by atoms with Gasteiger partial charge in [-0.25, -0.2) is 0 Å². The fourth-order valence-electron chi connectivity index (χ4n) is 2.91. The predicted molar refractivity (Wildman–Crippen MR) is 93.5 cm³/mol. The van der Waals surface area contributed by atoms with Crippen molar-refractivity contribution >= 4 is 39.0 Å². The Morgan fingerprint density at radius 2 is 1.92 bits per heavy atom. The van der Waals surface area contributed by atoms with Crippen molar-refractivity contribution in [3.05, 3.63) is 68.2 Å². The Bertz CT molecular complexity index is 896. The number of anilines is 1. The third-order valence-corrected chi connectivity index (χ3v) is 4.73. The molecule has 3 rings (SSSR count). The van der Waals surface area contributed by atoms with Gasteiger partial charge in [-0.15, -0.1) is 0 Å². The zero-order valence-electron chi connectivity index (χ0n) is 13.1. The highest BCUT2D eigenvalue weighted by Crippen LogP contribution is 2.43. The van der Waals surface area contributed by atoms with E-state index in [0.717, 1.165) is 0 Å². The molecule has 1 aliphatic rings. The highest BCUT2D eigenvalue weighted by molar-refractivity contribution is 9.10. The molecule has 1 atom stereocenters. The fourth-order valence-corrected chi connectivity index (χ4v) is 3.27. The summed E-state index contributed by atoms with van der Waals surface area (Å²) in [7, 11) is 1.53. The number of hydrogen-bond acceptors (Lipinski definition) is 5. The molecule has 0 unspecified atom stereocenters. The van der Waals surface area contributed by atoms with Gasteiger partial charge in [0, 0.05) is 34.8 Å². The Morgan fingerprint density at radius 3 is 2.52 bits per heavy atom. The van der Waals surface area contributed by atoms with Crippen molar-refractivity contribution in [2.75, 3.05) is 11.9 Å². The minimum atomic E-state index is -1.97. The summed E-state index contributed by atoms with van der Waals surface area (Å²) in [5.41, 5.74) is -1.02. The molecule has 25 heavy (non-hydrogen) atoms. The van der Waals surface area contributed by atoms with Crippen molar-refractivity contribution in [2.24, 2.45) is 0 Å². The molecule has 1 heterocycles. The van der Waals surface area contributed by atoms with E-state index < -0.39 is 28.6 Å². The number of nitrogens with zero attached hydrogens (tertiary/aromatic N) is 2. The molecule has 0 spiro atoms. The number of fused-ring (bicyclic) bond motifs is 1. The molecule has 0 aromatic heterocycles. The molecule has 0 saturated heterocycles. The van der Waals surface area contributed by atoms with Crippen molar-refractivity contribution in [3.63, 3.8) is 0 Å². The average Bonchev–Trinajstić information content (AvgIpc) is 2.76. The number of aliphatic hydroxyl groups is 1. The smallest absolute Gasteiger partial charge is 0.269 e. The second kappa shape index (κ2) is 6.05. The van der Waals surface area contributed by atoms with E-state index in [1.54, 1.807) is 18.2 Å². The van der Waals surface area contributed by atoms with Crippen molar-refractivity contribution < 1.29 is 19.6 Å². The Kier molecular flexibility index (Phi) is 4.18. The van der Waals surface area contributed by atoms with Crippen LogP contribution in [0.15, 0.2) is 46.9 Å². The van der Waals surface area contributed by atoms with Gasteiger partial charge in [0.15, 0.2) is 11.4 Å². The van der Waals surface area contributed by atoms with Crippen LogP contribution in [-0.2, 0) is 10.4 Å². The van der Waals surface area contributed by atoms with Gasteiger partial charge in [-0.3, -0.25) is 19.7 Å². The van der Waals surface area contributed by atoms with Crippen LogP contribution in [0.5, 0.6) is 0 Å². The third-order valence-electron chi connectivity index (χ3n) is 4.24. The first-order chi connectivity index (χ1) is 11.7. The first kappa shape index (κ1) is 17.2. The predicted octanol–water partition coefficient (Wildman–Crippen LogP) is 2.79. The van der Waals surface area contributed by atoms with Crippen LogP contribution in [0.1, 0.15) is 22.3 Å². The minimum absolute atomic E-state index is 0.138. The van der Waals surface area contributed by atoms with E-state index in [1.165, 1.54) is 36.2 Å². The van der Waals surface area contributed by atoms with E-state index in [0.29, 0.717) is 15.7 Å². The van der Waals surface area contributed by atoms with Crippen LogP contribution in [-0.4, -0.2) is 28.8 Å². The van der Waals surface area contributed by atoms with E-state index in [2.05, 4.69) is 15.9 Å². The van der Waals surface area contributed by atoms with Gasteiger partial charge in [-0.2, -0.15) is 0 Å². The van der Waals surface area contributed by atoms with Crippen molar-refractivity contribution in [3.8, 4) is 0 Å². The minimum Gasteiger partial charge on any atom is -0.375 e. The summed E-state index contributed by atoms with van der Waals surface area (Å²) in [4.78, 5) is 36.5. The second-order valence-corrected chi connectivity index (χ2v) is 6.71. The van der Waals surface area contributed by atoms with Crippen molar-refractivity contribution in [1.82, 2.24) is 0 Å². The summed E-state index contributed by atoms with van der Waals surface area (Å²) in [6, 6.07) is 10.1. The molecule has 0 radical (unpaired) electrons. The van der Waals surface area contributed by atoms with Gasteiger partial charge in [0.05, 0.1) is 17.0 Å². The molecule has 0 fully saturated rings. The van der Waals surface area contributed by atoms with E-state index >= 15 is 0 Å². The molecule has 1 N–H and O–H groups in total. The van der Waals surface area contributed by atoms with Crippen LogP contribution >= 0.6 is 15.9 Å². The van der Waals surface area contributed by atoms with Gasteiger partial charge in [-0.1, -0.05) is 15.9 Å². The highest BCUT2D eigenvalue weighted by Gasteiger charge is 2.49. The lowest BCUT2D eigenvalue weighted by atomic mass is 9.88. The first-order valence-corrected chi connectivity index (χ1v) is 8.11. The first-order valence-electron chi connectivity index (χ1n) is 7.32. The molecule has 0 saturated carbocycles. The molecule has 0 bridgehead atoms. The lowest BCUT2D eigenvalue weighted by Gasteiger charge is -2.21. The average molecular weight is 405 g/mol. The fraction of sp³-hybridized carbons (Fsp3) is 0.176.